The number of nitrogens with one attached hydrogen (secondary N) is 1. The number of amides is 1. The van der Waals surface area contributed by atoms with E-state index in [9.17, 15) is 4.79 Å². The summed E-state index contributed by atoms with van der Waals surface area (Å²) in [7, 11) is 1.67. The van der Waals surface area contributed by atoms with Crippen LogP contribution in [0.4, 0.5) is 0 Å². The summed E-state index contributed by atoms with van der Waals surface area (Å²) in [5, 5.41) is 3.11. The van der Waals surface area contributed by atoms with E-state index in [4.69, 9.17) is 4.74 Å². The van der Waals surface area contributed by atoms with Gasteiger partial charge in [0, 0.05) is 12.5 Å². The summed E-state index contributed by atoms with van der Waals surface area (Å²) >= 11 is 0. The van der Waals surface area contributed by atoms with E-state index in [0.29, 0.717) is 12.0 Å². The Hall–Kier alpha value is -1.51. The highest BCUT2D eigenvalue weighted by molar-refractivity contribution is 5.78. The van der Waals surface area contributed by atoms with Gasteiger partial charge < -0.3 is 10.1 Å². The summed E-state index contributed by atoms with van der Waals surface area (Å²) in [6.45, 7) is 7.65. The van der Waals surface area contributed by atoms with Gasteiger partial charge in [-0.05, 0) is 61.1 Å². The van der Waals surface area contributed by atoms with Gasteiger partial charge in [0.2, 0.25) is 5.91 Å². The Morgan fingerprint density at radius 1 is 1.13 bits per heavy atom. The predicted octanol–water partition coefficient (Wildman–Crippen LogP) is 4.21. The Morgan fingerprint density at radius 2 is 1.74 bits per heavy atom. The fourth-order valence-electron chi connectivity index (χ4n) is 3.49. The van der Waals surface area contributed by atoms with Crippen LogP contribution < -0.4 is 10.1 Å². The number of methoxy groups -OCH3 is 1. The van der Waals surface area contributed by atoms with Gasteiger partial charge in [0.1, 0.15) is 5.75 Å². The third-order valence-electron chi connectivity index (χ3n) is 5.19. The lowest BCUT2D eigenvalue weighted by atomic mass is 9.69. The SMILES string of the molecule is COc1ccc(CCNC(=O)C2CCC(C(C)(C)C)CC2)cc1. The van der Waals surface area contributed by atoms with E-state index in [0.717, 1.165) is 30.9 Å². The van der Waals surface area contributed by atoms with Crippen LogP contribution in [0.15, 0.2) is 24.3 Å². The Kier molecular flexibility index (Phi) is 6.09. The van der Waals surface area contributed by atoms with E-state index < -0.39 is 0 Å². The van der Waals surface area contributed by atoms with Gasteiger partial charge in [0.05, 0.1) is 7.11 Å². The van der Waals surface area contributed by atoms with Crippen molar-refractivity contribution in [2.45, 2.75) is 52.9 Å². The van der Waals surface area contributed by atoms with Crippen LogP contribution in [0.3, 0.4) is 0 Å². The van der Waals surface area contributed by atoms with Gasteiger partial charge in [0.15, 0.2) is 0 Å². The molecule has 23 heavy (non-hydrogen) atoms. The van der Waals surface area contributed by atoms with Crippen molar-refractivity contribution in [2.75, 3.05) is 13.7 Å². The molecule has 0 bridgehead atoms. The third-order valence-corrected chi connectivity index (χ3v) is 5.19. The maximum absolute atomic E-state index is 12.3. The second-order valence-electron chi connectivity index (χ2n) is 7.80. The summed E-state index contributed by atoms with van der Waals surface area (Å²) in [4.78, 5) is 12.3. The first-order valence-electron chi connectivity index (χ1n) is 8.81. The number of ether oxygens (including phenoxy) is 1. The molecule has 1 fully saturated rings. The monoisotopic (exact) mass is 317 g/mol. The van der Waals surface area contributed by atoms with E-state index in [2.05, 4.69) is 38.2 Å². The Balaban J connectivity index is 1.71. The number of benzene rings is 1. The topological polar surface area (TPSA) is 38.3 Å². The zero-order valence-corrected chi connectivity index (χ0v) is 15.0. The molecule has 0 saturated heterocycles. The number of hydrogen-bond acceptors (Lipinski definition) is 2. The normalized spacial score (nSPS) is 21.7. The summed E-state index contributed by atoms with van der Waals surface area (Å²) < 4.78 is 5.15. The van der Waals surface area contributed by atoms with Gasteiger partial charge in [-0.3, -0.25) is 4.79 Å². The molecule has 0 aliphatic heterocycles. The highest BCUT2D eigenvalue weighted by Gasteiger charge is 2.32. The molecular weight excluding hydrogens is 286 g/mol. The van der Waals surface area contributed by atoms with Crippen LogP contribution >= 0.6 is 0 Å². The molecule has 1 aliphatic rings. The van der Waals surface area contributed by atoms with Crippen LogP contribution in [0.2, 0.25) is 0 Å². The molecule has 1 saturated carbocycles. The summed E-state index contributed by atoms with van der Waals surface area (Å²) in [5.74, 6) is 2.08. The lowest BCUT2D eigenvalue weighted by Crippen LogP contribution is -2.36. The molecular formula is C20H31NO2. The van der Waals surface area contributed by atoms with E-state index in [1.807, 2.05) is 12.1 Å². The van der Waals surface area contributed by atoms with Crippen LogP contribution in [0.5, 0.6) is 5.75 Å². The minimum Gasteiger partial charge on any atom is -0.497 e. The largest absolute Gasteiger partial charge is 0.497 e. The molecule has 0 atom stereocenters. The van der Waals surface area contributed by atoms with Gasteiger partial charge in [-0.25, -0.2) is 0 Å². The van der Waals surface area contributed by atoms with Crippen molar-refractivity contribution < 1.29 is 9.53 Å². The molecule has 3 nitrogen and oxygen atoms in total. The molecule has 0 unspecified atom stereocenters. The van der Waals surface area contributed by atoms with E-state index in [1.54, 1.807) is 7.11 Å². The zero-order valence-electron chi connectivity index (χ0n) is 15.0. The Bertz CT molecular complexity index is 493. The van der Waals surface area contributed by atoms with Crippen molar-refractivity contribution in [3.05, 3.63) is 29.8 Å². The minimum atomic E-state index is 0.212. The fourth-order valence-corrected chi connectivity index (χ4v) is 3.49. The van der Waals surface area contributed by atoms with Crippen LogP contribution in [0.1, 0.15) is 52.0 Å². The highest BCUT2D eigenvalue weighted by atomic mass is 16.5. The Labute approximate surface area is 140 Å². The standard InChI is InChI=1S/C20H31NO2/c1-20(2,3)17-9-7-16(8-10-17)19(22)21-14-13-15-5-11-18(23-4)12-6-15/h5-6,11-12,16-17H,7-10,13-14H2,1-4H3,(H,21,22). The van der Waals surface area contributed by atoms with E-state index in [1.165, 1.54) is 18.4 Å². The molecule has 0 heterocycles. The van der Waals surface area contributed by atoms with Crippen molar-refractivity contribution in [1.29, 1.82) is 0 Å². The van der Waals surface area contributed by atoms with E-state index >= 15 is 0 Å². The van der Waals surface area contributed by atoms with Crippen LogP contribution in [0.25, 0.3) is 0 Å². The first kappa shape index (κ1) is 17.8. The quantitative estimate of drug-likeness (QED) is 0.883. The maximum atomic E-state index is 12.3. The van der Waals surface area contributed by atoms with Crippen molar-refractivity contribution >= 4 is 5.91 Å². The molecule has 0 spiro atoms. The van der Waals surface area contributed by atoms with Crippen molar-refractivity contribution in [1.82, 2.24) is 5.32 Å². The summed E-state index contributed by atoms with van der Waals surface area (Å²) in [5.41, 5.74) is 1.60. The molecule has 2 rings (SSSR count). The van der Waals surface area contributed by atoms with Crippen LogP contribution in [-0.4, -0.2) is 19.6 Å². The van der Waals surface area contributed by atoms with Gasteiger partial charge in [0.25, 0.3) is 0 Å². The first-order valence-corrected chi connectivity index (χ1v) is 8.81. The van der Waals surface area contributed by atoms with Crippen molar-refractivity contribution in [3.8, 4) is 5.75 Å². The van der Waals surface area contributed by atoms with Crippen LogP contribution in [-0.2, 0) is 11.2 Å². The number of carbonyl (C=O) groups excluding carboxylic acids is 1. The second kappa shape index (κ2) is 7.85. The second-order valence-corrected chi connectivity index (χ2v) is 7.80. The molecule has 1 amide bonds. The van der Waals surface area contributed by atoms with Gasteiger partial charge in [-0.1, -0.05) is 32.9 Å². The van der Waals surface area contributed by atoms with Crippen molar-refractivity contribution in [3.63, 3.8) is 0 Å². The molecule has 128 valence electrons. The molecule has 1 N–H and O–H groups in total. The van der Waals surface area contributed by atoms with Crippen LogP contribution in [0, 0.1) is 17.3 Å². The third kappa shape index (κ3) is 5.26. The number of hydrogen-bond donors (Lipinski definition) is 1. The smallest absolute Gasteiger partial charge is 0.223 e. The zero-order chi connectivity index (χ0) is 16.9. The fraction of sp³-hybridized carbons (Fsp3) is 0.650. The molecule has 3 heteroatoms. The average Bonchev–Trinajstić information content (AvgIpc) is 2.54. The van der Waals surface area contributed by atoms with Gasteiger partial charge in [-0.15, -0.1) is 0 Å². The molecule has 0 aromatic heterocycles. The minimum absolute atomic E-state index is 0.212. The number of rotatable bonds is 5. The average molecular weight is 317 g/mol. The maximum Gasteiger partial charge on any atom is 0.223 e. The lowest BCUT2D eigenvalue weighted by Gasteiger charge is -2.36. The molecule has 1 aromatic carbocycles. The summed E-state index contributed by atoms with van der Waals surface area (Å²) in [6, 6.07) is 8.04. The van der Waals surface area contributed by atoms with Crippen molar-refractivity contribution in [2.24, 2.45) is 17.3 Å². The first-order chi connectivity index (χ1) is 10.9. The number of carbonyl (C=O) groups is 1. The van der Waals surface area contributed by atoms with E-state index in [-0.39, 0.29) is 11.8 Å². The summed E-state index contributed by atoms with van der Waals surface area (Å²) in [6.07, 6.45) is 5.31. The Morgan fingerprint density at radius 3 is 2.26 bits per heavy atom. The lowest BCUT2D eigenvalue weighted by molar-refractivity contribution is -0.126. The molecule has 1 aromatic rings. The van der Waals surface area contributed by atoms with Gasteiger partial charge >= 0.3 is 0 Å². The molecule has 1 aliphatic carbocycles. The molecule has 0 radical (unpaired) electrons. The van der Waals surface area contributed by atoms with Gasteiger partial charge in [-0.2, -0.15) is 0 Å². The highest BCUT2D eigenvalue weighted by Crippen LogP contribution is 2.39. The predicted molar refractivity (Wildman–Crippen MR) is 94.6 cm³/mol.